The molecule has 5 heteroatoms. The monoisotopic (exact) mass is 408 g/mol. The van der Waals surface area contributed by atoms with Crippen LogP contribution in [-0.2, 0) is 13.1 Å². The largest absolute Gasteiger partial charge is 0.347 e. The Labute approximate surface area is 173 Å². The van der Waals surface area contributed by atoms with Crippen molar-refractivity contribution < 1.29 is 4.79 Å². The van der Waals surface area contributed by atoms with Gasteiger partial charge in [0.25, 0.3) is 5.91 Å². The first-order chi connectivity index (χ1) is 13.5. The van der Waals surface area contributed by atoms with Crippen LogP contribution in [0.15, 0.2) is 60.7 Å². The number of halogens is 1. The van der Waals surface area contributed by atoms with Crippen LogP contribution in [0.1, 0.15) is 32.1 Å². The fraction of sp³-hybridized carbons (Fsp3) is 0.174. The van der Waals surface area contributed by atoms with E-state index in [-0.39, 0.29) is 5.91 Å². The van der Waals surface area contributed by atoms with E-state index in [1.165, 1.54) is 10.4 Å². The minimum Gasteiger partial charge on any atom is -0.347 e. The summed E-state index contributed by atoms with van der Waals surface area (Å²) < 4.78 is 3.18. The van der Waals surface area contributed by atoms with Crippen LogP contribution in [0.5, 0.6) is 0 Å². The molecule has 2 heterocycles. The van der Waals surface area contributed by atoms with E-state index in [4.69, 9.17) is 11.6 Å². The Balaban J connectivity index is 1.65. The lowest BCUT2D eigenvalue weighted by Gasteiger charge is -2.12. The molecule has 0 radical (unpaired) electrons. The average molecular weight is 409 g/mol. The number of carbonyl (C=O) groups excluding carboxylic acids is 1. The Morgan fingerprint density at radius 1 is 1.07 bits per heavy atom. The number of hydrogen-bond donors (Lipinski definition) is 1. The summed E-state index contributed by atoms with van der Waals surface area (Å²) in [5.74, 6) is -0.0744. The van der Waals surface area contributed by atoms with Gasteiger partial charge in [0, 0.05) is 23.0 Å². The number of nitrogens with one attached hydrogen (secondary N) is 1. The van der Waals surface area contributed by atoms with Crippen molar-refractivity contribution in [1.29, 1.82) is 0 Å². The van der Waals surface area contributed by atoms with Crippen LogP contribution in [0.25, 0.3) is 10.2 Å². The number of amides is 1. The summed E-state index contributed by atoms with van der Waals surface area (Å²) in [6.07, 6.45) is 0. The first kappa shape index (κ1) is 18.8. The molecule has 28 heavy (non-hydrogen) atoms. The highest BCUT2D eigenvalue weighted by Gasteiger charge is 2.18. The zero-order chi connectivity index (χ0) is 19.7. The molecule has 2 aromatic heterocycles. The molecule has 0 aliphatic rings. The maximum absolute atomic E-state index is 13.0. The fourth-order valence-corrected chi connectivity index (χ4v) is 4.57. The quantitative estimate of drug-likeness (QED) is 0.435. The number of hydrogen-bond acceptors (Lipinski definition) is 2. The van der Waals surface area contributed by atoms with Gasteiger partial charge in [-0.2, -0.15) is 0 Å². The number of thiophene rings is 1. The number of nitrogens with zero attached hydrogens (tertiary/aromatic N) is 1. The van der Waals surface area contributed by atoms with Crippen molar-refractivity contribution in [3.8, 4) is 0 Å². The summed E-state index contributed by atoms with van der Waals surface area (Å²) in [7, 11) is 0. The minimum absolute atomic E-state index is 0.0744. The van der Waals surface area contributed by atoms with Crippen LogP contribution >= 0.6 is 22.9 Å². The van der Waals surface area contributed by atoms with Crippen LogP contribution in [0.4, 0.5) is 0 Å². The molecule has 0 aliphatic carbocycles. The van der Waals surface area contributed by atoms with Gasteiger partial charge in [-0.1, -0.05) is 59.6 Å². The van der Waals surface area contributed by atoms with Crippen molar-refractivity contribution in [2.24, 2.45) is 0 Å². The van der Waals surface area contributed by atoms with Gasteiger partial charge < -0.3 is 9.88 Å². The molecule has 0 bridgehead atoms. The molecule has 142 valence electrons. The van der Waals surface area contributed by atoms with Crippen molar-refractivity contribution in [2.45, 2.75) is 26.9 Å². The smallest absolute Gasteiger partial charge is 0.268 e. The molecular formula is C23H21ClN2OS. The summed E-state index contributed by atoms with van der Waals surface area (Å²) in [4.78, 5) is 14.2. The lowest BCUT2D eigenvalue weighted by atomic mass is 10.1. The molecule has 0 atom stereocenters. The number of benzene rings is 2. The minimum atomic E-state index is -0.0744. The molecule has 1 amide bonds. The number of aromatic nitrogens is 1. The zero-order valence-corrected chi connectivity index (χ0v) is 17.4. The van der Waals surface area contributed by atoms with E-state index in [2.05, 4.69) is 41.9 Å². The van der Waals surface area contributed by atoms with E-state index < -0.39 is 0 Å². The number of rotatable bonds is 5. The fourth-order valence-electron chi connectivity index (χ4n) is 3.42. The van der Waals surface area contributed by atoms with Crippen LogP contribution in [0.3, 0.4) is 0 Å². The van der Waals surface area contributed by atoms with Crippen molar-refractivity contribution in [3.05, 3.63) is 92.9 Å². The second kappa shape index (κ2) is 7.82. The van der Waals surface area contributed by atoms with Gasteiger partial charge in [-0.25, -0.2) is 0 Å². The second-order valence-electron chi connectivity index (χ2n) is 6.99. The lowest BCUT2D eigenvalue weighted by molar-refractivity contribution is 0.0942. The highest BCUT2D eigenvalue weighted by Crippen LogP contribution is 2.30. The van der Waals surface area contributed by atoms with Crippen LogP contribution < -0.4 is 5.32 Å². The molecule has 0 fully saturated rings. The molecule has 0 saturated heterocycles. The summed E-state index contributed by atoms with van der Waals surface area (Å²) in [5, 5.41) is 3.77. The highest BCUT2D eigenvalue weighted by molar-refractivity contribution is 7.19. The maximum Gasteiger partial charge on any atom is 0.268 e. The Bertz CT molecular complexity index is 1160. The van der Waals surface area contributed by atoms with Crippen molar-refractivity contribution in [3.63, 3.8) is 0 Å². The Morgan fingerprint density at radius 2 is 1.89 bits per heavy atom. The van der Waals surface area contributed by atoms with E-state index >= 15 is 0 Å². The third-order valence-corrected chi connectivity index (χ3v) is 6.12. The van der Waals surface area contributed by atoms with Crippen LogP contribution in [0.2, 0.25) is 5.02 Å². The summed E-state index contributed by atoms with van der Waals surface area (Å²) in [6.45, 7) is 5.20. The molecule has 2 aromatic carbocycles. The third-order valence-electron chi connectivity index (χ3n) is 4.77. The molecular weight excluding hydrogens is 388 g/mol. The predicted octanol–water partition coefficient (Wildman–Crippen LogP) is 5.95. The molecule has 0 aliphatic heterocycles. The molecule has 4 aromatic rings. The van der Waals surface area contributed by atoms with E-state index in [0.717, 1.165) is 21.3 Å². The number of fused-ring (bicyclic) bond motifs is 1. The van der Waals surface area contributed by atoms with E-state index in [0.29, 0.717) is 23.8 Å². The Kier molecular flexibility index (Phi) is 5.25. The number of aryl methyl sites for hydroxylation is 2. The third kappa shape index (κ3) is 3.84. The average Bonchev–Trinajstić information content (AvgIpc) is 3.18. The van der Waals surface area contributed by atoms with Gasteiger partial charge in [0.05, 0.1) is 10.2 Å². The second-order valence-corrected chi connectivity index (χ2v) is 8.68. The van der Waals surface area contributed by atoms with Gasteiger partial charge in [0.1, 0.15) is 5.69 Å². The van der Waals surface area contributed by atoms with E-state index in [1.807, 2.05) is 42.5 Å². The SMILES string of the molecule is Cc1cccc(CNC(=O)c2cc3sc(C)cc3n2Cc2ccccc2Cl)c1. The van der Waals surface area contributed by atoms with Crippen molar-refractivity contribution in [1.82, 2.24) is 9.88 Å². The van der Waals surface area contributed by atoms with Gasteiger partial charge in [-0.15, -0.1) is 11.3 Å². The highest BCUT2D eigenvalue weighted by atomic mass is 35.5. The molecule has 1 N–H and O–H groups in total. The van der Waals surface area contributed by atoms with Crippen LogP contribution in [-0.4, -0.2) is 10.5 Å². The lowest BCUT2D eigenvalue weighted by Crippen LogP contribution is -2.25. The normalized spacial score (nSPS) is 11.1. The van der Waals surface area contributed by atoms with Gasteiger partial charge in [0.2, 0.25) is 0 Å². The number of carbonyl (C=O) groups is 1. The van der Waals surface area contributed by atoms with Crippen molar-refractivity contribution in [2.75, 3.05) is 0 Å². The molecule has 0 spiro atoms. The van der Waals surface area contributed by atoms with E-state index in [9.17, 15) is 4.79 Å². The van der Waals surface area contributed by atoms with Gasteiger partial charge >= 0.3 is 0 Å². The Hall–Kier alpha value is -2.56. The summed E-state index contributed by atoms with van der Waals surface area (Å²) in [5.41, 5.74) is 5.01. The van der Waals surface area contributed by atoms with Gasteiger partial charge in [-0.3, -0.25) is 4.79 Å². The molecule has 4 rings (SSSR count). The standard InChI is InChI=1S/C23H21ClN2OS/c1-15-6-5-7-17(10-15)13-25-23(27)21-12-22-20(11-16(2)28-22)26(21)14-18-8-3-4-9-19(18)24/h3-12H,13-14H2,1-2H3,(H,25,27). The summed E-state index contributed by atoms with van der Waals surface area (Å²) in [6, 6.07) is 20.1. The first-order valence-corrected chi connectivity index (χ1v) is 10.4. The molecule has 3 nitrogen and oxygen atoms in total. The van der Waals surface area contributed by atoms with Crippen molar-refractivity contribution >= 4 is 39.1 Å². The predicted molar refractivity (Wildman–Crippen MR) is 117 cm³/mol. The zero-order valence-electron chi connectivity index (χ0n) is 15.8. The summed E-state index contributed by atoms with van der Waals surface area (Å²) >= 11 is 8.08. The first-order valence-electron chi connectivity index (χ1n) is 9.18. The van der Waals surface area contributed by atoms with Gasteiger partial charge in [0.15, 0.2) is 0 Å². The topological polar surface area (TPSA) is 34.0 Å². The van der Waals surface area contributed by atoms with Crippen LogP contribution in [0, 0.1) is 13.8 Å². The Morgan fingerprint density at radius 3 is 2.68 bits per heavy atom. The molecule has 0 saturated carbocycles. The van der Waals surface area contributed by atoms with E-state index in [1.54, 1.807) is 11.3 Å². The van der Waals surface area contributed by atoms with Gasteiger partial charge in [-0.05, 0) is 43.2 Å². The maximum atomic E-state index is 13.0. The molecule has 0 unspecified atom stereocenters.